The molecule has 4 rings (SSSR count). The van der Waals surface area contributed by atoms with Crippen LogP contribution >= 0.6 is 0 Å². The van der Waals surface area contributed by atoms with Crippen LogP contribution in [0.2, 0.25) is 0 Å². The van der Waals surface area contributed by atoms with E-state index in [0.717, 1.165) is 36.2 Å². The average Bonchev–Trinajstić information content (AvgIpc) is 2.67. The molecule has 2 aliphatic rings. The molecule has 3 heteroatoms. The van der Waals surface area contributed by atoms with E-state index in [2.05, 4.69) is 13.5 Å². The molecule has 144 valence electrons. The first-order valence-corrected chi connectivity index (χ1v) is 10.2. The highest BCUT2D eigenvalue weighted by molar-refractivity contribution is 5.85. The molecule has 4 unspecified atom stereocenters. The van der Waals surface area contributed by atoms with Crippen molar-refractivity contribution in [2.75, 3.05) is 6.61 Å². The fourth-order valence-electron chi connectivity index (χ4n) is 5.29. The quantitative estimate of drug-likeness (QED) is 0.526. The molecule has 0 aliphatic heterocycles. The first-order valence-electron chi connectivity index (χ1n) is 10.2. The normalized spacial score (nSPS) is 28.0. The molecule has 0 spiro atoms. The molecule has 0 bridgehead atoms. The van der Waals surface area contributed by atoms with Crippen LogP contribution < -0.4 is 4.74 Å². The van der Waals surface area contributed by atoms with E-state index in [9.17, 15) is 4.39 Å². The Kier molecular flexibility index (Phi) is 5.21. The van der Waals surface area contributed by atoms with Crippen LogP contribution in [-0.2, 0) is 0 Å². The topological polar surface area (TPSA) is 9.23 Å². The summed E-state index contributed by atoms with van der Waals surface area (Å²) in [4.78, 5) is 0. The lowest BCUT2D eigenvalue weighted by atomic mass is 9.64. The maximum Gasteiger partial charge on any atom is 0.165 e. The summed E-state index contributed by atoms with van der Waals surface area (Å²) in [5.41, 5.74) is 0.763. The van der Waals surface area contributed by atoms with Gasteiger partial charge in [0.05, 0.1) is 0 Å². The van der Waals surface area contributed by atoms with E-state index in [1.54, 1.807) is 12.1 Å². The highest BCUT2D eigenvalue weighted by atomic mass is 19.1. The Hall–Kier alpha value is -1.90. The predicted octanol–water partition coefficient (Wildman–Crippen LogP) is 7.00. The van der Waals surface area contributed by atoms with Gasteiger partial charge in [0, 0.05) is 5.39 Å². The summed E-state index contributed by atoms with van der Waals surface area (Å²) in [6.07, 6.45) is 8.77. The van der Waals surface area contributed by atoms with Crippen molar-refractivity contribution >= 4 is 10.8 Å². The second-order valence-electron chi connectivity index (χ2n) is 8.52. The van der Waals surface area contributed by atoms with E-state index in [1.807, 2.05) is 12.1 Å². The third-order valence-electron chi connectivity index (χ3n) is 6.71. The molecule has 2 saturated carbocycles. The number of hydrogen-bond donors (Lipinski definition) is 0. The maximum atomic E-state index is 15.3. The molecule has 0 radical (unpaired) electrons. The zero-order valence-electron chi connectivity index (χ0n) is 16.0. The molecule has 0 heterocycles. The SMILES string of the molecule is C=CCOc1cc2ccc(C3CCC4CC(C)CCC4C3)c(F)c2cc1F. The van der Waals surface area contributed by atoms with Crippen LogP contribution in [0.1, 0.15) is 56.9 Å². The van der Waals surface area contributed by atoms with E-state index in [-0.39, 0.29) is 24.1 Å². The molecule has 0 aromatic heterocycles. The fourth-order valence-corrected chi connectivity index (χ4v) is 5.29. The van der Waals surface area contributed by atoms with Gasteiger partial charge in [-0.1, -0.05) is 38.1 Å². The van der Waals surface area contributed by atoms with Gasteiger partial charge in [0.25, 0.3) is 0 Å². The van der Waals surface area contributed by atoms with Crippen LogP contribution in [0.5, 0.6) is 5.75 Å². The lowest BCUT2D eigenvalue weighted by molar-refractivity contribution is 0.124. The summed E-state index contributed by atoms with van der Waals surface area (Å²) in [6.45, 7) is 6.15. The third-order valence-corrected chi connectivity index (χ3v) is 6.71. The Morgan fingerprint density at radius 1 is 1.07 bits per heavy atom. The minimum absolute atomic E-state index is 0.145. The third kappa shape index (κ3) is 3.61. The summed E-state index contributed by atoms with van der Waals surface area (Å²) < 4.78 is 34.9. The van der Waals surface area contributed by atoms with Gasteiger partial charge < -0.3 is 4.74 Å². The van der Waals surface area contributed by atoms with Gasteiger partial charge in [0.1, 0.15) is 12.4 Å². The van der Waals surface area contributed by atoms with E-state index >= 15 is 4.39 Å². The zero-order valence-corrected chi connectivity index (χ0v) is 16.0. The Morgan fingerprint density at radius 2 is 1.85 bits per heavy atom. The van der Waals surface area contributed by atoms with E-state index in [0.29, 0.717) is 10.8 Å². The van der Waals surface area contributed by atoms with Crippen molar-refractivity contribution in [2.45, 2.75) is 51.4 Å². The molecule has 2 aliphatic carbocycles. The summed E-state index contributed by atoms with van der Waals surface area (Å²) in [5, 5.41) is 1.03. The molecule has 0 N–H and O–H groups in total. The van der Waals surface area contributed by atoms with Gasteiger partial charge in [-0.2, -0.15) is 0 Å². The van der Waals surface area contributed by atoms with Crippen LogP contribution in [0, 0.1) is 29.4 Å². The minimum Gasteiger partial charge on any atom is -0.486 e. The second kappa shape index (κ2) is 7.61. The lowest BCUT2D eigenvalue weighted by Crippen LogP contribution is -2.29. The number of ether oxygens (including phenoxy) is 1. The minimum atomic E-state index is -0.523. The van der Waals surface area contributed by atoms with Crippen molar-refractivity contribution in [3.63, 3.8) is 0 Å². The summed E-state index contributed by atoms with van der Waals surface area (Å²) in [7, 11) is 0. The molecule has 2 fully saturated rings. The van der Waals surface area contributed by atoms with Crippen LogP contribution in [0.3, 0.4) is 0 Å². The summed E-state index contributed by atoms with van der Waals surface area (Å²) in [5.74, 6) is 1.99. The zero-order chi connectivity index (χ0) is 19.0. The molecular formula is C24H28F2O. The maximum absolute atomic E-state index is 15.3. The van der Waals surface area contributed by atoms with Crippen LogP contribution in [0.25, 0.3) is 10.8 Å². The molecule has 4 atom stereocenters. The Bertz CT molecular complexity index is 844. The first kappa shape index (κ1) is 18.5. The van der Waals surface area contributed by atoms with Gasteiger partial charge in [-0.25, -0.2) is 8.78 Å². The largest absolute Gasteiger partial charge is 0.486 e. The van der Waals surface area contributed by atoms with Crippen molar-refractivity contribution < 1.29 is 13.5 Å². The molecule has 0 amide bonds. The lowest BCUT2D eigenvalue weighted by Gasteiger charge is -2.41. The molecule has 2 aromatic carbocycles. The van der Waals surface area contributed by atoms with Gasteiger partial charge in [-0.3, -0.25) is 0 Å². The Balaban J connectivity index is 1.61. The van der Waals surface area contributed by atoms with E-state index in [4.69, 9.17) is 4.74 Å². The van der Waals surface area contributed by atoms with Crippen LogP contribution in [0.4, 0.5) is 8.78 Å². The molecule has 1 nitrogen and oxygen atoms in total. The van der Waals surface area contributed by atoms with Crippen LogP contribution in [0.15, 0.2) is 36.9 Å². The monoisotopic (exact) mass is 370 g/mol. The number of rotatable bonds is 4. The molecule has 27 heavy (non-hydrogen) atoms. The highest BCUT2D eigenvalue weighted by Gasteiger charge is 2.35. The Labute approximate surface area is 160 Å². The predicted molar refractivity (Wildman–Crippen MR) is 106 cm³/mol. The van der Waals surface area contributed by atoms with Gasteiger partial charge in [-0.05, 0) is 78.9 Å². The molecule has 2 aromatic rings. The smallest absolute Gasteiger partial charge is 0.165 e. The van der Waals surface area contributed by atoms with Gasteiger partial charge >= 0.3 is 0 Å². The molecular weight excluding hydrogens is 342 g/mol. The van der Waals surface area contributed by atoms with E-state index < -0.39 is 5.82 Å². The number of hydrogen-bond acceptors (Lipinski definition) is 1. The number of halogens is 2. The number of benzene rings is 2. The second-order valence-corrected chi connectivity index (χ2v) is 8.52. The van der Waals surface area contributed by atoms with Crippen molar-refractivity contribution in [3.05, 3.63) is 54.1 Å². The van der Waals surface area contributed by atoms with E-state index in [1.165, 1.54) is 31.7 Å². The Morgan fingerprint density at radius 3 is 2.67 bits per heavy atom. The highest BCUT2D eigenvalue weighted by Crippen LogP contribution is 2.48. The summed E-state index contributed by atoms with van der Waals surface area (Å²) in [6, 6.07) is 6.67. The van der Waals surface area contributed by atoms with Gasteiger partial charge in [-0.15, -0.1) is 0 Å². The van der Waals surface area contributed by atoms with Crippen molar-refractivity contribution in [1.29, 1.82) is 0 Å². The molecule has 0 saturated heterocycles. The standard InChI is InChI=1S/C24H28F2O/c1-3-10-27-23-13-19-8-9-20(24(26)21(19)14-22(23)25)18-7-6-16-11-15(2)4-5-17(16)12-18/h3,8-9,13-18H,1,4-7,10-12H2,2H3. The fraction of sp³-hybridized carbons (Fsp3) is 0.500. The summed E-state index contributed by atoms with van der Waals surface area (Å²) >= 11 is 0. The van der Waals surface area contributed by atoms with Gasteiger partial charge in [0.2, 0.25) is 0 Å². The average molecular weight is 370 g/mol. The van der Waals surface area contributed by atoms with Crippen molar-refractivity contribution in [2.24, 2.45) is 17.8 Å². The van der Waals surface area contributed by atoms with Gasteiger partial charge in [0.15, 0.2) is 11.6 Å². The number of fused-ring (bicyclic) bond motifs is 2. The first-order chi connectivity index (χ1) is 13.1. The van der Waals surface area contributed by atoms with Crippen molar-refractivity contribution in [1.82, 2.24) is 0 Å². The van der Waals surface area contributed by atoms with Crippen LogP contribution in [-0.4, -0.2) is 6.61 Å². The van der Waals surface area contributed by atoms with Crippen molar-refractivity contribution in [3.8, 4) is 5.75 Å².